The van der Waals surface area contributed by atoms with E-state index in [-0.39, 0.29) is 12.0 Å². The van der Waals surface area contributed by atoms with Gasteiger partial charge in [0.2, 0.25) is 10.0 Å². The monoisotopic (exact) mass is 304 g/mol. The van der Waals surface area contributed by atoms with Crippen LogP contribution in [0.15, 0.2) is 47.4 Å². The zero-order valence-electron chi connectivity index (χ0n) is 12.1. The summed E-state index contributed by atoms with van der Waals surface area (Å²) in [5.41, 5.74) is 5.99. The summed E-state index contributed by atoms with van der Waals surface area (Å²) in [4.78, 5) is 0.392. The van der Waals surface area contributed by atoms with Crippen molar-refractivity contribution in [3.8, 4) is 0 Å². The molecule has 1 aliphatic heterocycles. The fourth-order valence-corrected chi connectivity index (χ4v) is 4.67. The molecular weight excluding hydrogens is 284 g/mol. The Kier molecular flexibility index (Phi) is 3.73. The van der Waals surface area contributed by atoms with Crippen molar-refractivity contribution in [2.45, 2.75) is 24.3 Å². The van der Waals surface area contributed by atoms with Gasteiger partial charge in [0.05, 0.1) is 4.90 Å². The van der Waals surface area contributed by atoms with Crippen LogP contribution in [0, 0.1) is 5.92 Å². The molecule has 3 rings (SSSR count). The third-order valence-electron chi connectivity index (χ3n) is 4.30. The summed E-state index contributed by atoms with van der Waals surface area (Å²) in [6.07, 6.45) is 0.713. The number of hydrogen-bond acceptors (Lipinski definition) is 3. The van der Waals surface area contributed by atoms with E-state index >= 15 is 0 Å². The Morgan fingerprint density at radius 3 is 2.62 bits per heavy atom. The molecule has 0 radical (unpaired) electrons. The van der Waals surface area contributed by atoms with Crippen LogP contribution in [0.5, 0.6) is 0 Å². The van der Waals surface area contributed by atoms with Gasteiger partial charge in [-0.05, 0) is 23.8 Å². The van der Waals surface area contributed by atoms with Gasteiger partial charge in [0.1, 0.15) is 0 Å². The highest BCUT2D eigenvalue weighted by atomic mass is 32.2. The van der Waals surface area contributed by atoms with Crippen LogP contribution in [0.25, 0.3) is 10.8 Å². The maximum absolute atomic E-state index is 12.9. The lowest BCUT2D eigenvalue weighted by molar-refractivity contribution is 0.250. The van der Waals surface area contributed by atoms with E-state index in [1.54, 1.807) is 16.4 Å². The van der Waals surface area contributed by atoms with Gasteiger partial charge < -0.3 is 5.73 Å². The molecule has 1 heterocycles. The number of fused-ring (bicyclic) bond motifs is 1. The van der Waals surface area contributed by atoms with Gasteiger partial charge in [0, 0.05) is 24.5 Å². The molecule has 2 atom stereocenters. The van der Waals surface area contributed by atoms with Gasteiger partial charge in [0.25, 0.3) is 0 Å². The lowest BCUT2D eigenvalue weighted by Crippen LogP contribution is -2.48. The molecule has 0 spiro atoms. The van der Waals surface area contributed by atoms with E-state index in [9.17, 15) is 8.42 Å². The molecule has 112 valence electrons. The molecule has 0 aromatic heterocycles. The van der Waals surface area contributed by atoms with Gasteiger partial charge in [-0.15, -0.1) is 0 Å². The topological polar surface area (TPSA) is 63.4 Å². The molecule has 1 aliphatic rings. The van der Waals surface area contributed by atoms with Crippen molar-refractivity contribution in [3.05, 3.63) is 42.5 Å². The minimum absolute atomic E-state index is 0.0870. The van der Waals surface area contributed by atoms with Crippen LogP contribution >= 0.6 is 0 Å². The average Bonchev–Trinajstić information content (AvgIpc) is 2.49. The molecule has 0 aliphatic carbocycles. The SMILES string of the molecule is CC1CN(S(=O)(=O)c2cccc3ccccc23)CCC1N. The number of benzene rings is 2. The number of piperidine rings is 1. The normalized spacial score (nSPS) is 24.3. The summed E-state index contributed by atoms with van der Waals surface area (Å²) in [5, 5.41) is 1.72. The Balaban J connectivity index is 2.05. The first-order chi connectivity index (χ1) is 10.00. The van der Waals surface area contributed by atoms with Crippen molar-refractivity contribution < 1.29 is 8.42 Å². The van der Waals surface area contributed by atoms with Gasteiger partial charge in [-0.25, -0.2) is 8.42 Å². The van der Waals surface area contributed by atoms with Crippen LogP contribution in [0.1, 0.15) is 13.3 Å². The molecule has 0 bridgehead atoms. The summed E-state index contributed by atoms with van der Waals surface area (Å²) in [6.45, 7) is 3.00. The van der Waals surface area contributed by atoms with E-state index in [1.807, 2.05) is 37.3 Å². The maximum atomic E-state index is 12.9. The predicted molar refractivity (Wildman–Crippen MR) is 84.5 cm³/mol. The predicted octanol–water partition coefficient (Wildman–Crippen LogP) is 2.20. The first kappa shape index (κ1) is 14.5. The van der Waals surface area contributed by atoms with Crippen LogP contribution in [0.4, 0.5) is 0 Å². The Labute approximate surface area is 125 Å². The van der Waals surface area contributed by atoms with Gasteiger partial charge >= 0.3 is 0 Å². The second kappa shape index (κ2) is 5.40. The van der Waals surface area contributed by atoms with Crippen LogP contribution < -0.4 is 5.73 Å². The minimum Gasteiger partial charge on any atom is -0.327 e. The van der Waals surface area contributed by atoms with E-state index < -0.39 is 10.0 Å². The van der Waals surface area contributed by atoms with E-state index in [1.165, 1.54) is 0 Å². The molecule has 1 fully saturated rings. The Hall–Kier alpha value is -1.43. The highest BCUT2D eigenvalue weighted by Gasteiger charge is 2.32. The lowest BCUT2D eigenvalue weighted by atomic mass is 9.96. The average molecular weight is 304 g/mol. The van der Waals surface area contributed by atoms with E-state index in [4.69, 9.17) is 5.73 Å². The summed E-state index contributed by atoms with van der Waals surface area (Å²) in [5.74, 6) is 0.184. The molecule has 2 aromatic carbocycles. The van der Waals surface area contributed by atoms with Gasteiger partial charge in [-0.3, -0.25) is 0 Å². The summed E-state index contributed by atoms with van der Waals surface area (Å²) in [7, 11) is -3.47. The molecule has 0 amide bonds. The van der Waals surface area contributed by atoms with E-state index in [2.05, 4.69) is 0 Å². The van der Waals surface area contributed by atoms with Crippen molar-refractivity contribution in [2.75, 3.05) is 13.1 Å². The number of nitrogens with two attached hydrogens (primary N) is 1. The molecule has 2 N–H and O–H groups in total. The standard InChI is InChI=1S/C16H20N2O2S/c1-12-11-18(10-9-15(12)17)21(19,20)16-8-4-6-13-5-2-3-7-14(13)16/h2-8,12,15H,9-11,17H2,1H3. The van der Waals surface area contributed by atoms with Gasteiger partial charge in [-0.2, -0.15) is 4.31 Å². The molecular formula is C16H20N2O2S. The minimum atomic E-state index is -3.47. The van der Waals surface area contributed by atoms with Crippen LogP contribution in [-0.2, 0) is 10.0 Å². The Morgan fingerprint density at radius 2 is 1.86 bits per heavy atom. The number of nitrogens with zero attached hydrogens (tertiary/aromatic N) is 1. The molecule has 4 nitrogen and oxygen atoms in total. The molecule has 1 saturated heterocycles. The maximum Gasteiger partial charge on any atom is 0.243 e. The molecule has 21 heavy (non-hydrogen) atoms. The van der Waals surface area contributed by atoms with Crippen molar-refractivity contribution in [3.63, 3.8) is 0 Å². The summed E-state index contributed by atoms with van der Waals surface area (Å²) < 4.78 is 27.4. The van der Waals surface area contributed by atoms with Crippen molar-refractivity contribution in [1.82, 2.24) is 4.31 Å². The fourth-order valence-electron chi connectivity index (χ4n) is 2.90. The zero-order valence-corrected chi connectivity index (χ0v) is 12.9. The molecule has 2 aromatic rings. The third-order valence-corrected chi connectivity index (χ3v) is 6.23. The molecule has 2 unspecified atom stereocenters. The number of sulfonamides is 1. The van der Waals surface area contributed by atoms with E-state index in [0.717, 1.165) is 10.8 Å². The first-order valence-corrected chi connectivity index (χ1v) is 8.67. The fraction of sp³-hybridized carbons (Fsp3) is 0.375. The highest BCUT2D eigenvalue weighted by molar-refractivity contribution is 7.89. The summed E-state index contributed by atoms with van der Waals surface area (Å²) >= 11 is 0. The number of rotatable bonds is 2. The van der Waals surface area contributed by atoms with Crippen molar-refractivity contribution >= 4 is 20.8 Å². The Bertz CT molecular complexity index is 752. The van der Waals surface area contributed by atoms with Gasteiger partial charge in [0.15, 0.2) is 0 Å². The van der Waals surface area contributed by atoms with Crippen molar-refractivity contribution in [2.24, 2.45) is 11.7 Å². The second-order valence-corrected chi connectivity index (χ2v) is 7.68. The molecule has 5 heteroatoms. The largest absolute Gasteiger partial charge is 0.327 e. The lowest BCUT2D eigenvalue weighted by Gasteiger charge is -2.34. The quantitative estimate of drug-likeness (QED) is 0.925. The molecule has 0 saturated carbocycles. The zero-order chi connectivity index (χ0) is 15.0. The van der Waals surface area contributed by atoms with Crippen molar-refractivity contribution in [1.29, 1.82) is 0 Å². The second-order valence-electron chi connectivity index (χ2n) is 5.77. The smallest absolute Gasteiger partial charge is 0.243 e. The highest BCUT2D eigenvalue weighted by Crippen LogP contribution is 2.28. The van der Waals surface area contributed by atoms with Crippen LogP contribution in [0.3, 0.4) is 0 Å². The number of hydrogen-bond donors (Lipinski definition) is 1. The van der Waals surface area contributed by atoms with Gasteiger partial charge in [-0.1, -0.05) is 43.3 Å². The van der Waals surface area contributed by atoms with Crippen LogP contribution in [0.2, 0.25) is 0 Å². The van der Waals surface area contributed by atoms with E-state index in [0.29, 0.717) is 24.4 Å². The Morgan fingerprint density at radius 1 is 1.14 bits per heavy atom. The first-order valence-electron chi connectivity index (χ1n) is 7.23. The van der Waals surface area contributed by atoms with Crippen LogP contribution in [-0.4, -0.2) is 31.9 Å². The summed E-state index contributed by atoms with van der Waals surface area (Å²) in [6, 6.07) is 13.1. The third kappa shape index (κ3) is 2.57.